The van der Waals surface area contributed by atoms with Crippen LogP contribution in [0.4, 0.5) is 10.2 Å². The predicted octanol–water partition coefficient (Wildman–Crippen LogP) is 3.37. The highest BCUT2D eigenvalue weighted by Gasteiger charge is 2.27. The first-order chi connectivity index (χ1) is 15.0. The maximum atomic E-state index is 13.1. The minimum absolute atomic E-state index is 0.0271. The summed E-state index contributed by atoms with van der Waals surface area (Å²) in [4.78, 5) is 25.4. The summed E-state index contributed by atoms with van der Waals surface area (Å²) in [5.41, 5.74) is 1.57. The number of nitrogens with zero attached hydrogens (tertiary/aromatic N) is 2. The van der Waals surface area contributed by atoms with Gasteiger partial charge in [0.05, 0.1) is 11.4 Å². The highest BCUT2D eigenvalue weighted by atomic mass is 32.2. The van der Waals surface area contributed by atoms with Crippen LogP contribution in [0.3, 0.4) is 0 Å². The van der Waals surface area contributed by atoms with Crippen LogP contribution in [0, 0.1) is 5.82 Å². The zero-order valence-corrected chi connectivity index (χ0v) is 17.7. The zero-order valence-electron chi connectivity index (χ0n) is 16.8. The number of anilines is 1. The number of benzene rings is 2. The van der Waals surface area contributed by atoms with E-state index in [2.05, 4.69) is 21.0 Å². The predicted molar refractivity (Wildman–Crippen MR) is 118 cm³/mol. The Labute approximate surface area is 183 Å². The van der Waals surface area contributed by atoms with Crippen LogP contribution in [0.25, 0.3) is 11.3 Å². The molecule has 4 rings (SSSR count). The van der Waals surface area contributed by atoms with Gasteiger partial charge in [0.1, 0.15) is 11.6 Å². The fraction of sp³-hybridized carbons (Fsp3) is 0.227. The lowest BCUT2D eigenvalue weighted by Crippen LogP contribution is -2.52. The molecule has 0 aliphatic carbocycles. The van der Waals surface area contributed by atoms with E-state index in [9.17, 15) is 14.0 Å². The number of halogens is 1. The fourth-order valence-corrected chi connectivity index (χ4v) is 3.98. The maximum absolute atomic E-state index is 13.1. The summed E-state index contributed by atoms with van der Waals surface area (Å²) < 4.78 is 14.6. The number of hydrogen-bond donors (Lipinski definition) is 3. The van der Waals surface area contributed by atoms with Crippen molar-refractivity contribution in [3.8, 4) is 11.3 Å². The van der Waals surface area contributed by atoms with E-state index in [1.807, 2.05) is 37.3 Å². The first-order valence-electron chi connectivity index (χ1n) is 9.86. The van der Waals surface area contributed by atoms with Gasteiger partial charge >= 0.3 is 0 Å². The van der Waals surface area contributed by atoms with Crippen LogP contribution in [0.2, 0.25) is 0 Å². The summed E-state index contributed by atoms with van der Waals surface area (Å²) in [6.45, 7) is 1.92. The Morgan fingerprint density at radius 1 is 1.23 bits per heavy atom. The zero-order chi connectivity index (χ0) is 21.8. The Bertz CT molecular complexity index is 1070. The van der Waals surface area contributed by atoms with Gasteiger partial charge in [-0.25, -0.2) is 9.07 Å². The molecule has 160 valence electrons. The van der Waals surface area contributed by atoms with Crippen molar-refractivity contribution in [3.05, 3.63) is 66.5 Å². The van der Waals surface area contributed by atoms with Gasteiger partial charge in [-0.3, -0.25) is 14.9 Å². The molecule has 1 saturated heterocycles. The summed E-state index contributed by atoms with van der Waals surface area (Å²) in [5.74, 6) is -0.0153. The smallest absolute Gasteiger partial charge is 0.235 e. The van der Waals surface area contributed by atoms with Crippen molar-refractivity contribution in [3.63, 3.8) is 0 Å². The standard InChI is InChI=1S/C22H22FN5O2S/c1-14-11-20(29)26-22(24-14)28-19(12-18(27-28)15-5-3-2-4-6-15)25-21(30)13-31-17-9-7-16(23)8-10-17/h2-10,12,14,22,24H,11,13H2,1H3,(H,25,30)(H,26,29). The summed E-state index contributed by atoms with van der Waals surface area (Å²) in [5, 5.41) is 13.7. The molecule has 1 aliphatic heterocycles. The van der Waals surface area contributed by atoms with Crippen LogP contribution < -0.4 is 16.0 Å². The first kappa shape index (κ1) is 21.1. The number of nitrogens with one attached hydrogen (secondary N) is 3. The van der Waals surface area contributed by atoms with Crippen molar-refractivity contribution in [1.82, 2.24) is 20.4 Å². The summed E-state index contributed by atoms with van der Waals surface area (Å²) >= 11 is 1.31. The average molecular weight is 440 g/mol. The van der Waals surface area contributed by atoms with Gasteiger partial charge in [0.2, 0.25) is 11.8 Å². The van der Waals surface area contributed by atoms with Gasteiger partial charge in [-0.15, -0.1) is 11.8 Å². The molecule has 7 nitrogen and oxygen atoms in total. The van der Waals surface area contributed by atoms with Crippen LogP contribution >= 0.6 is 11.8 Å². The third-order valence-corrected chi connectivity index (χ3v) is 5.74. The molecule has 1 aromatic heterocycles. The van der Waals surface area contributed by atoms with Gasteiger partial charge in [-0.1, -0.05) is 30.3 Å². The third-order valence-electron chi connectivity index (χ3n) is 4.73. The highest BCUT2D eigenvalue weighted by molar-refractivity contribution is 8.00. The molecule has 2 amide bonds. The summed E-state index contributed by atoms with van der Waals surface area (Å²) in [7, 11) is 0. The Kier molecular flexibility index (Phi) is 6.34. The molecular weight excluding hydrogens is 417 g/mol. The molecule has 2 unspecified atom stereocenters. The second kappa shape index (κ2) is 9.32. The van der Waals surface area contributed by atoms with Gasteiger partial charge in [0.25, 0.3) is 0 Å². The topological polar surface area (TPSA) is 88.1 Å². The van der Waals surface area contributed by atoms with E-state index in [4.69, 9.17) is 0 Å². The number of amides is 2. The lowest BCUT2D eigenvalue weighted by atomic mass is 10.2. The fourth-order valence-electron chi connectivity index (χ4n) is 3.28. The van der Waals surface area contributed by atoms with Crippen molar-refractivity contribution in [2.75, 3.05) is 11.1 Å². The Morgan fingerprint density at radius 2 is 1.97 bits per heavy atom. The van der Waals surface area contributed by atoms with E-state index < -0.39 is 6.29 Å². The van der Waals surface area contributed by atoms with Crippen molar-refractivity contribution >= 4 is 29.4 Å². The molecule has 0 radical (unpaired) electrons. The molecule has 1 aliphatic rings. The number of thioether (sulfide) groups is 1. The Morgan fingerprint density at radius 3 is 2.68 bits per heavy atom. The van der Waals surface area contributed by atoms with Gasteiger partial charge in [-0.2, -0.15) is 5.10 Å². The van der Waals surface area contributed by atoms with Crippen molar-refractivity contribution < 1.29 is 14.0 Å². The SMILES string of the molecule is CC1CC(=O)NC(n2nc(-c3ccccc3)cc2NC(=O)CSc2ccc(F)cc2)N1. The van der Waals surface area contributed by atoms with Gasteiger partial charge in [0.15, 0.2) is 6.29 Å². The van der Waals surface area contributed by atoms with E-state index in [1.54, 1.807) is 22.9 Å². The second-order valence-electron chi connectivity index (χ2n) is 7.26. The van der Waals surface area contributed by atoms with Gasteiger partial charge in [-0.05, 0) is 31.2 Å². The molecule has 9 heteroatoms. The molecule has 1 fully saturated rings. The van der Waals surface area contributed by atoms with Crippen molar-refractivity contribution in [2.24, 2.45) is 0 Å². The normalized spacial score (nSPS) is 18.5. The van der Waals surface area contributed by atoms with E-state index in [-0.39, 0.29) is 29.4 Å². The number of carbonyl (C=O) groups is 2. The van der Waals surface area contributed by atoms with Crippen LogP contribution in [0.15, 0.2) is 65.6 Å². The second-order valence-corrected chi connectivity index (χ2v) is 8.31. The highest BCUT2D eigenvalue weighted by Crippen LogP contribution is 2.25. The van der Waals surface area contributed by atoms with E-state index >= 15 is 0 Å². The molecule has 2 atom stereocenters. The first-order valence-corrected chi connectivity index (χ1v) is 10.8. The molecular formula is C22H22FN5O2S. The largest absolute Gasteiger partial charge is 0.322 e. The third kappa shape index (κ3) is 5.31. The lowest BCUT2D eigenvalue weighted by molar-refractivity contribution is -0.125. The maximum Gasteiger partial charge on any atom is 0.235 e. The van der Waals surface area contributed by atoms with E-state index in [0.717, 1.165) is 10.5 Å². The Hall–Kier alpha value is -3.17. The van der Waals surface area contributed by atoms with Crippen molar-refractivity contribution in [1.29, 1.82) is 0 Å². The molecule has 0 saturated carbocycles. The molecule has 0 spiro atoms. The monoisotopic (exact) mass is 439 g/mol. The molecule has 2 aromatic carbocycles. The van der Waals surface area contributed by atoms with Crippen LogP contribution in [-0.2, 0) is 9.59 Å². The van der Waals surface area contributed by atoms with Gasteiger partial charge < -0.3 is 10.6 Å². The number of rotatable bonds is 6. The van der Waals surface area contributed by atoms with Gasteiger partial charge in [0, 0.05) is 29.0 Å². The molecule has 0 bridgehead atoms. The van der Waals surface area contributed by atoms with Crippen LogP contribution in [-0.4, -0.2) is 33.4 Å². The van der Waals surface area contributed by atoms with E-state index in [0.29, 0.717) is 17.9 Å². The summed E-state index contributed by atoms with van der Waals surface area (Å²) in [6.07, 6.45) is -0.201. The lowest BCUT2D eigenvalue weighted by Gasteiger charge is -2.30. The summed E-state index contributed by atoms with van der Waals surface area (Å²) in [6, 6.07) is 17.3. The Balaban J connectivity index is 1.54. The quantitative estimate of drug-likeness (QED) is 0.513. The molecule has 31 heavy (non-hydrogen) atoms. The van der Waals surface area contributed by atoms with Crippen LogP contribution in [0.5, 0.6) is 0 Å². The minimum atomic E-state index is -0.575. The minimum Gasteiger partial charge on any atom is -0.322 e. The number of aromatic nitrogens is 2. The number of hydrogen-bond acceptors (Lipinski definition) is 5. The van der Waals surface area contributed by atoms with Crippen molar-refractivity contribution in [2.45, 2.75) is 30.6 Å². The van der Waals surface area contributed by atoms with E-state index in [1.165, 1.54) is 23.9 Å². The van der Waals surface area contributed by atoms with Crippen LogP contribution in [0.1, 0.15) is 19.6 Å². The number of carbonyl (C=O) groups excluding carboxylic acids is 2. The molecule has 3 aromatic rings. The molecule has 2 heterocycles. The average Bonchev–Trinajstić information content (AvgIpc) is 3.17. The molecule has 3 N–H and O–H groups in total.